The Morgan fingerprint density at radius 2 is 2.06 bits per heavy atom. The summed E-state index contributed by atoms with van der Waals surface area (Å²) in [6.45, 7) is 3.80. The van der Waals surface area contributed by atoms with E-state index in [9.17, 15) is 18.3 Å². The molecule has 1 N–H and O–H groups in total. The van der Waals surface area contributed by atoms with Gasteiger partial charge in [-0.05, 0) is 20.3 Å². The Balaban J connectivity index is 2.56. The number of hydrogen-bond acceptors (Lipinski definition) is 2. The van der Waals surface area contributed by atoms with Crippen molar-refractivity contribution in [2.45, 2.75) is 45.0 Å². The number of alkyl halides is 3. The fourth-order valence-electron chi connectivity index (χ4n) is 1.27. The highest BCUT2D eigenvalue weighted by Crippen LogP contribution is 2.27. The van der Waals surface area contributed by atoms with Crippen molar-refractivity contribution in [2.75, 3.05) is 0 Å². The highest BCUT2D eigenvalue weighted by Gasteiger charge is 2.28. The molecule has 0 fully saturated rings. The minimum absolute atomic E-state index is 0.128. The molecule has 0 saturated heterocycles. The number of nitrogens with zero attached hydrogens (tertiary/aromatic N) is 2. The molecule has 1 aromatic heterocycles. The van der Waals surface area contributed by atoms with Gasteiger partial charge in [0, 0.05) is 24.2 Å². The van der Waals surface area contributed by atoms with Gasteiger partial charge in [0.05, 0.1) is 12.3 Å². The molecule has 92 valence electrons. The standard InChI is InChI=1S/C10H15F3N2O/c1-7(2)15-6-8(5-14-15)9(16)3-4-10(11,12)13/h5-7,9,16H,3-4H2,1-2H3. The van der Waals surface area contributed by atoms with E-state index in [4.69, 9.17) is 0 Å². The van der Waals surface area contributed by atoms with Crippen LogP contribution in [0, 0.1) is 0 Å². The third-order valence-electron chi connectivity index (χ3n) is 2.24. The van der Waals surface area contributed by atoms with Gasteiger partial charge in [-0.15, -0.1) is 0 Å². The van der Waals surface area contributed by atoms with Crippen LogP contribution in [0.4, 0.5) is 13.2 Å². The van der Waals surface area contributed by atoms with Gasteiger partial charge >= 0.3 is 6.18 Å². The van der Waals surface area contributed by atoms with Gasteiger partial charge in [0.25, 0.3) is 0 Å². The fraction of sp³-hybridized carbons (Fsp3) is 0.700. The van der Waals surface area contributed by atoms with Gasteiger partial charge in [0.2, 0.25) is 0 Å². The average Bonchev–Trinajstić information content (AvgIpc) is 2.61. The molecule has 0 aliphatic heterocycles. The van der Waals surface area contributed by atoms with Crippen LogP contribution in [0.25, 0.3) is 0 Å². The first-order valence-electron chi connectivity index (χ1n) is 5.08. The van der Waals surface area contributed by atoms with E-state index in [1.54, 1.807) is 10.9 Å². The molecule has 0 saturated carbocycles. The Labute approximate surface area is 91.9 Å². The van der Waals surface area contributed by atoms with Gasteiger partial charge in [0.1, 0.15) is 0 Å². The number of rotatable bonds is 4. The maximum atomic E-state index is 11.9. The van der Waals surface area contributed by atoms with Crippen LogP contribution >= 0.6 is 0 Å². The van der Waals surface area contributed by atoms with Crippen LogP contribution in [0.15, 0.2) is 12.4 Å². The summed E-state index contributed by atoms with van der Waals surface area (Å²) >= 11 is 0. The molecule has 1 atom stereocenters. The van der Waals surface area contributed by atoms with Crippen molar-refractivity contribution in [3.05, 3.63) is 18.0 Å². The number of aliphatic hydroxyl groups is 1. The molecular formula is C10H15F3N2O. The van der Waals surface area contributed by atoms with E-state index in [0.717, 1.165) is 0 Å². The van der Waals surface area contributed by atoms with E-state index < -0.39 is 18.7 Å². The number of aliphatic hydroxyl groups excluding tert-OH is 1. The minimum Gasteiger partial charge on any atom is -0.388 e. The molecular weight excluding hydrogens is 221 g/mol. The Kier molecular flexibility index (Phi) is 3.96. The molecule has 0 aromatic carbocycles. The third-order valence-corrected chi connectivity index (χ3v) is 2.24. The zero-order chi connectivity index (χ0) is 12.3. The van der Waals surface area contributed by atoms with Gasteiger partial charge < -0.3 is 5.11 Å². The maximum absolute atomic E-state index is 11.9. The van der Waals surface area contributed by atoms with Crippen molar-refractivity contribution < 1.29 is 18.3 Å². The van der Waals surface area contributed by atoms with E-state index >= 15 is 0 Å². The first-order valence-corrected chi connectivity index (χ1v) is 5.08. The zero-order valence-corrected chi connectivity index (χ0v) is 9.20. The zero-order valence-electron chi connectivity index (χ0n) is 9.20. The van der Waals surface area contributed by atoms with E-state index in [-0.39, 0.29) is 12.5 Å². The van der Waals surface area contributed by atoms with E-state index in [1.165, 1.54) is 6.20 Å². The summed E-state index contributed by atoms with van der Waals surface area (Å²) in [5.41, 5.74) is 0.429. The molecule has 3 nitrogen and oxygen atoms in total. The summed E-state index contributed by atoms with van der Waals surface area (Å²) in [7, 11) is 0. The molecule has 0 spiro atoms. The van der Waals surface area contributed by atoms with Crippen LogP contribution in [0.5, 0.6) is 0 Å². The normalized spacial score (nSPS) is 14.4. The van der Waals surface area contributed by atoms with E-state index in [2.05, 4.69) is 5.10 Å². The highest BCUT2D eigenvalue weighted by molar-refractivity contribution is 5.08. The molecule has 1 heterocycles. The van der Waals surface area contributed by atoms with Crippen molar-refractivity contribution >= 4 is 0 Å². The number of aromatic nitrogens is 2. The van der Waals surface area contributed by atoms with Crippen LogP contribution in [0.1, 0.15) is 44.4 Å². The molecule has 1 rings (SSSR count). The fourth-order valence-corrected chi connectivity index (χ4v) is 1.27. The summed E-state index contributed by atoms with van der Waals surface area (Å²) in [4.78, 5) is 0. The van der Waals surface area contributed by atoms with E-state index in [1.807, 2.05) is 13.8 Å². The molecule has 0 bridgehead atoms. The first-order chi connectivity index (χ1) is 7.29. The number of halogens is 3. The van der Waals surface area contributed by atoms with Crippen LogP contribution in [0.2, 0.25) is 0 Å². The van der Waals surface area contributed by atoms with Crippen molar-refractivity contribution in [1.29, 1.82) is 0 Å². The van der Waals surface area contributed by atoms with Crippen LogP contribution in [-0.2, 0) is 0 Å². The molecule has 0 radical (unpaired) electrons. The lowest BCUT2D eigenvalue weighted by Crippen LogP contribution is -2.09. The highest BCUT2D eigenvalue weighted by atomic mass is 19.4. The van der Waals surface area contributed by atoms with Crippen molar-refractivity contribution in [2.24, 2.45) is 0 Å². The summed E-state index contributed by atoms with van der Waals surface area (Å²) in [5, 5.41) is 13.5. The molecule has 0 amide bonds. The first kappa shape index (κ1) is 13.0. The topological polar surface area (TPSA) is 38.0 Å². The van der Waals surface area contributed by atoms with Crippen LogP contribution < -0.4 is 0 Å². The Morgan fingerprint density at radius 1 is 1.44 bits per heavy atom. The molecule has 16 heavy (non-hydrogen) atoms. The van der Waals surface area contributed by atoms with Crippen LogP contribution in [-0.4, -0.2) is 21.1 Å². The Morgan fingerprint density at radius 3 is 2.50 bits per heavy atom. The van der Waals surface area contributed by atoms with Gasteiger partial charge in [-0.1, -0.05) is 0 Å². The lowest BCUT2D eigenvalue weighted by Gasteiger charge is -2.10. The molecule has 1 unspecified atom stereocenters. The predicted molar refractivity (Wildman–Crippen MR) is 52.9 cm³/mol. The quantitative estimate of drug-likeness (QED) is 0.872. The van der Waals surface area contributed by atoms with Gasteiger partial charge in [-0.2, -0.15) is 18.3 Å². The minimum atomic E-state index is -4.23. The van der Waals surface area contributed by atoms with Gasteiger partial charge in [0.15, 0.2) is 0 Å². The SMILES string of the molecule is CC(C)n1cc(C(O)CCC(F)(F)F)cn1. The van der Waals surface area contributed by atoms with Crippen molar-refractivity contribution in [3.63, 3.8) is 0 Å². The average molecular weight is 236 g/mol. The Bertz CT molecular complexity index is 333. The summed E-state index contributed by atoms with van der Waals surface area (Å²) in [6, 6.07) is 0.128. The summed E-state index contributed by atoms with van der Waals surface area (Å²) < 4.78 is 37.4. The monoisotopic (exact) mass is 236 g/mol. The lowest BCUT2D eigenvalue weighted by molar-refractivity contribution is -0.140. The van der Waals surface area contributed by atoms with Crippen molar-refractivity contribution in [1.82, 2.24) is 9.78 Å². The summed E-state index contributed by atoms with van der Waals surface area (Å²) in [6.07, 6.45) is -3.66. The molecule has 0 aliphatic rings. The molecule has 6 heteroatoms. The van der Waals surface area contributed by atoms with Gasteiger partial charge in [-0.3, -0.25) is 4.68 Å². The second-order valence-corrected chi connectivity index (χ2v) is 4.02. The lowest BCUT2D eigenvalue weighted by atomic mass is 10.1. The van der Waals surface area contributed by atoms with Gasteiger partial charge in [-0.25, -0.2) is 0 Å². The smallest absolute Gasteiger partial charge is 0.388 e. The molecule has 0 aliphatic carbocycles. The molecule has 1 aromatic rings. The number of hydrogen-bond donors (Lipinski definition) is 1. The largest absolute Gasteiger partial charge is 0.389 e. The van der Waals surface area contributed by atoms with Crippen LogP contribution in [0.3, 0.4) is 0 Å². The van der Waals surface area contributed by atoms with Crippen molar-refractivity contribution in [3.8, 4) is 0 Å². The predicted octanol–water partition coefficient (Wildman–Crippen LogP) is 2.84. The van der Waals surface area contributed by atoms with E-state index in [0.29, 0.717) is 5.56 Å². The summed E-state index contributed by atoms with van der Waals surface area (Å²) in [5.74, 6) is 0. The second kappa shape index (κ2) is 4.86. The Hall–Kier alpha value is -1.04. The maximum Gasteiger partial charge on any atom is 0.389 e. The second-order valence-electron chi connectivity index (χ2n) is 4.02. The third kappa shape index (κ3) is 3.84.